The Morgan fingerprint density at radius 3 is 2.92 bits per heavy atom. The van der Waals surface area contributed by atoms with Crippen molar-refractivity contribution in [2.45, 2.75) is 50.4 Å². The van der Waals surface area contributed by atoms with Crippen LogP contribution < -0.4 is 10.2 Å². The van der Waals surface area contributed by atoms with Crippen LogP contribution >= 0.6 is 0 Å². The zero-order valence-corrected chi connectivity index (χ0v) is 14.1. The number of fused-ring (bicyclic) bond motifs is 1. The van der Waals surface area contributed by atoms with E-state index in [4.69, 9.17) is 9.26 Å². The third-order valence-electron chi connectivity index (χ3n) is 6.00. The van der Waals surface area contributed by atoms with Gasteiger partial charge in [0, 0.05) is 12.1 Å². The predicted octanol–water partition coefficient (Wildman–Crippen LogP) is 1.33. The summed E-state index contributed by atoms with van der Waals surface area (Å²) in [4.78, 5) is 27.6. The van der Waals surface area contributed by atoms with Crippen molar-refractivity contribution < 1.29 is 18.8 Å². The normalized spacial score (nSPS) is 36.4. The van der Waals surface area contributed by atoms with Gasteiger partial charge in [0.1, 0.15) is 11.4 Å². The summed E-state index contributed by atoms with van der Waals surface area (Å²) >= 11 is 0. The number of ether oxygens (including phenoxy) is 1. The molecule has 1 N–H and O–H groups in total. The number of hydrogen-bond donors (Lipinski definition) is 1. The predicted molar refractivity (Wildman–Crippen MR) is 87.7 cm³/mol. The van der Waals surface area contributed by atoms with Gasteiger partial charge in [0.05, 0.1) is 24.5 Å². The third kappa shape index (κ3) is 2.11. The number of amides is 2. The van der Waals surface area contributed by atoms with E-state index in [1.807, 2.05) is 12.2 Å². The van der Waals surface area contributed by atoms with Gasteiger partial charge in [-0.2, -0.15) is 0 Å². The van der Waals surface area contributed by atoms with Gasteiger partial charge in [-0.15, -0.1) is 0 Å². The lowest BCUT2D eigenvalue weighted by molar-refractivity contribution is -0.132. The number of aryl methyl sites for hydroxylation is 1. The van der Waals surface area contributed by atoms with Gasteiger partial charge in [0.2, 0.25) is 11.8 Å². The molecule has 4 aliphatic rings. The Kier molecular flexibility index (Phi) is 3.13. The number of carbonyl (C=O) groups is 2. The molecule has 7 nitrogen and oxygen atoms in total. The summed E-state index contributed by atoms with van der Waals surface area (Å²) in [5.74, 6) is 0.0266. The van der Waals surface area contributed by atoms with Crippen LogP contribution in [-0.4, -0.2) is 41.3 Å². The molecule has 1 aromatic heterocycles. The first kappa shape index (κ1) is 15.1. The molecule has 4 heterocycles. The fraction of sp³-hybridized carbons (Fsp3) is 0.611. The molecule has 1 aliphatic carbocycles. The fourth-order valence-corrected chi connectivity index (χ4v) is 4.84. The number of hydrogen-bond acceptors (Lipinski definition) is 5. The first-order valence-electron chi connectivity index (χ1n) is 9.00. The Labute approximate surface area is 145 Å². The first-order chi connectivity index (χ1) is 12.1. The summed E-state index contributed by atoms with van der Waals surface area (Å²) in [5.41, 5.74) is -0.716. The van der Waals surface area contributed by atoms with E-state index >= 15 is 0 Å². The van der Waals surface area contributed by atoms with E-state index in [0.717, 1.165) is 25.7 Å². The van der Waals surface area contributed by atoms with E-state index in [-0.39, 0.29) is 24.0 Å². The standard InChI is InChI=1S/C18H21N3O4/c1-10-8-13(20-25-10)21-9-18-7-6-12(24-18)14(15(18)17(21)23)16(22)19-11-4-2-3-5-11/h6-8,11-12,14-15H,2-5,9H2,1H3,(H,19,22)/t12-,14-,15-,18-/m1/s1. The van der Waals surface area contributed by atoms with E-state index in [1.165, 1.54) is 0 Å². The van der Waals surface area contributed by atoms with Gasteiger partial charge in [-0.25, -0.2) is 0 Å². The molecule has 132 valence electrons. The second-order valence-electron chi connectivity index (χ2n) is 7.61. The quantitative estimate of drug-likeness (QED) is 0.837. The van der Waals surface area contributed by atoms with Gasteiger partial charge in [0.25, 0.3) is 0 Å². The molecule has 3 aliphatic heterocycles. The lowest BCUT2D eigenvalue weighted by atomic mass is 9.76. The van der Waals surface area contributed by atoms with Crippen LogP contribution in [0.5, 0.6) is 0 Å². The zero-order chi connectivity index (χ0) is 17.2. The molecule has 2 bridgehead atoms. The minimum atomic E-state index is -0.716. The number of aromatic nitrogens is 1. The summed E-state index contributed by atoms with van der Waals surface area (Å²) in [6.07, 6.45) is 7.92. The molecule has 2 saturated heterocycles. The second-order valence-corrected chi connectivity index (χ2v) is 7.61. The van der Waals surface area contributed by atoms with Crippen molar-refractivity contribution in [1.82, 2.24) is 10.5 Å². The summed E-state index contributed by atoms with van der Waals surface area (Å²) in [5, 5.41) is 7.09. The van der Waals surface area contributed by atoms with Crippen molar-refractivity contribution in [2.24, 2.45) is 11.8 Å². The van der Waals surface area contributed by atoms with Gasteiger partial charge in [-0.3, -0.25) is 14.5 Å². The zero-order valence-electron chi connectivity index (χ0n) is 14.1. The van der Waals surface area contributed by atoms with Crippen LogP contribution in [0.3, 0.4) is 0 Å². The smallest absolute Gasteiger partial charge is 0.235 e. The SMILES string of the molecule is Cc1cc(N2C[C@@]34C=C[C@@H](O3)[C@@H](C(=O)NC3CCCC3)[C@@H]4C2=O)no1. The second kappa shape index (κ2) is 5.17. The van der Waals surface area contributed by atoms with Gasteiger partial charge >= 0.3 is 0 Å². The molecule has 0 unspecified atom stereocenters. The first-order valence-corrected chi connectivity index (χ1v) is 9.00. The van der Waals surface area contributed by atoms with Crippen molar-refractivity contribution in [2.75, 3.05) is 11.4 Å². The fourth-order valence-electron chi connectivity index (χ4n) is 4.84. The minimum absolute atomic E-state index is 0.0559. The lowest BCUT2D eigenvalue weighted by Crippen LogP contribution is -2.46. The van der Waals surface area contributed by atoms with E-state index in [2.05, 4.69) is 10.5 Å². The molecule has 1 saturated carbocycles. The molecule has 0 aromatic carbocycles. The number of nitrogens with one attached hydrogen (secondary N) is 1. The lowest BCUT2D eigenvalue weighted by Gasteiger charge is -2.24. The average molecular weight is 343 g/mol. The summed E-state index contributed by atoms with van der Waals surface area (Å²) < 4.78 is 11.2. The molecule has 1 spiro atoms. The molecule has 5 rings (SSSR count). The van der Waals surface area contributed by atoms with E-state index in [0.29, 0.717) is 18.1 Å². The topological polar surface area (TPSA) is 84.7 Å². The highest BCUT2D eigenvalue weighted by Crippen LogP contribution is 2.52. The molecule has 25 heavy (non-hydrogen) atoms. The van der Waals surface area contributed by atoms with Crippen LogP contribution in [0.2, 0.25) is 0 Å². The maximum atomic E-state index is 13.1. The van der Waals surface area contributed by atoms with Crippen molar-refractivity contribution >= 4 is 17.6 Å². The van der Waals surface area contributed by atoms with Crippen LogP contribution in [0.25, 0.3) is 0 Å². The van der Waals surface area contributed by atoms with Crippen molar-refractivity contribution in [3.05, 3.63) is 24.0 Å². The number of anilines is 1. The maximum Gasteiger partial charge on any atom is 0.235 e. The molecular formula is C18H21N3O4. The molecule has 7 heteroatoms. The highest BCUT2D eigenvalue weighted by molar-refractivity contribution is 6.02. The van der Waals surface area contributed by atoms with E-state index in [9.17, 15) is 9.59 Å². The summed E-state index contributed by atoms with van der Waals surface area (Å²) in [7, 11) is 0. The summed E-state index contributed by atoms with van der Waals surface area (Å²) in [6.45, 7) is 2.17. The van der Waals surface area contributed by atoms with Crippen LogP contribution in [0.4, 0.5) is 5.82 Å². The maximum absolute atomic E-state index is 13.1. The van der Waals surface area contributed by atoms with Crippen LogP contribution in [0, 0.1) is 18.8 Å². The third-order valence-corrected chi connectivity index (χ3v) is 6.00. The van der Waals surface area contributed by atoms with Crippen LogP contribution in [0.1, 0.15) is 31.4 Å². The number of nitrogens with zero attached hydrogens (tertiary/aromatic N) is 2. The van der Waals surface area contributed by atoms with Gasteiger partial charge < -0.3 is 14.6 Å². The van der Waals surface area contributed by atoms with E-state index < -0.39 is 17.4 Å². The van der Waals surface area contributed by atoms with Crippen molar-refractivity contribution in [3.8, 4) is 0 Å². The monoisotopic (exact) mass is 343 g/mol. The van der Waals surface area contributed by atoms with Gasteiger partial charge in [-0.05, 0) is 19.8 Å². The number of carbonyl (C=O) groups excluding carboxylic acids is 2. The van der Waals surface area contributed by atoms with Crippen molar-refractivity contribution in [3.63, 3.8) is 0 Å². The van der Waals surface area contributed by atoms with Crippen LogP contribution in [-0.2, 0) is 14.3 Å². The minimum Gasteiger partial charge on any atom is -0.360 e. The molecule has 4 atom stereocenters. The number of rotatable bonds is 3. The average Bonchev–Trinajstić information content (AvgIpc) is 3.36. The molecule has 2 amide bonds. The Balaban J connectivity index is 1.42. The molecular weight excluding hydrogens is 322 g/mol. The van der Waals surface area contributed by atoms with E-state index in [1.54, 1.807) is 17.9 Å². The molecule has 1 aromatic rings. The Bertz CT molecular complexity index is 766. The highest BCUT2D eigenvalue weighted by Gasteiger charge is 2.67. The van der Waals surface area contributed by atoms with Crippen LogP contribution in [0.15, 0.2) is 22.7 Å². The Hall–Kier alpha value is -2.15. The largest absolute Gasteiger partial charge is 0.360 e. The van der Waals surface area contributed by atoms with Crippen molar-refractivity contribution in [1.29, 1.82) is 0 Å². The Morgan fingerprint density at radius 2 is 2.20 bits per heavy atom. The Morgan fingerprint density at radius 1 is 1.40 bits per heavy atom. The highest BCUT2D eigenvalue weighted by atomic mass is 16.5. The van der Waals surface area contributed by atoms with Gasteiger partial charge in [0.15, 0.2) is 5.82 Å². The molecule has 0 radical (unpaired) electrons. The van der Waals surface area contributed by atoms with Gasteiger partial charge in [-0.1, -0.05) is 30.2 Å². The molecule has 3 fully saturated rings. The summed E-state index contributed by atoms with van der Waals surface area (Å²) in [6, 6.07) is 1.97.